The van der Waals surface area contributed by atoms with Crippen LogP contribution in [0.4, 0.5) is 11.4 Å². The Balaban J connectivity index is 1.51. The fourth-order valence-electron chi connectivity index (χ4n) is 3.04. The molecule has 4 rings (SSSR count). The number of carbonyl (C=O) groups excluding carboxylic acids is 1. The van der Waals surface area contributed by atoms with Crippen LogP contribution < -0.4 is 5.32 Å². The lowest BCUT2D eigenvalue weighted by atomic mass is 10.1. The Morgan fingerprint density at radius 3 is 2.59 bits per heavy atom. The Labute approximate surface area is 217 Å². The number of carbonyl (C=O) groups is 2. The number of anilines is 1. The van der Waals surface area contributed by atoms with Gasteiger partial charge in [-0.1, -0.05) is 49.7 Å². The van der Waals surface area contributed by atoms with E-state index in [1.807, 2.05) is 18.2 Å². The van der Waals surface area contributed by atoms with E-state index < -0.39 is 28.1 Å². The zero-order chi connectivity index (χ0) is 24.4. The SMILES string of the molecule is O=C(O)c1cc([N+](=O)[O-])ccc1C(=O)Nc1ccc2nc(SCc3ccc(Br)cc3Br)sc2c1. The standard InChI is InChI=1S/C22H13Br2N3O5S2/c23-12-2-1-11(17(24)7-12)10-33-22-26-18-6-3-13(8-19(18)34-22)25-20(28)15-5-4-14(27(31)32)9-16(15)21(29)30/h1-9H,10H2,(H,25,28)(H,29,30). The van der Waals surface area contributed by atoms with Crippen molar-refractivity contribution in [2.75, 3.05) is 5.32 Å². The highest BCUT2D eigenvalue weighted by Crippen LogP contribution is 2.35. The summed E-state index contributed by atoms with van der Waals surface area (Å²) in [4.78, 5) is 39.1. The minimum absolute atomic E-state index is 0.168. The molecule has 0 saturated carbocycles. The number of halogens is 2. The maximum absolute atomic E-state index is 12.7. The molecule has 0 aliphatic heterocycles. The van der Waals surface area contributed by atoms with Gasteiger partial charge in [0.1, 0.15) is 0 Å². The average Bonchev–Trinajstić information content (AvgIpc) is 3.20. The Kier molecular flexibility index (Phi) is 7.31. The first-order chi connectivity index (χ1) is 16.2. The molecule has 0 spiro atoms. The normalized spacial score (nSPS) is 10.9. The van der Waals surface area contributed by atoms with E-state index in [1.54, 1.807) is 30.0 Å². The molecule has 4 aromatic rings. The number of aromatic carboxylic acids is 1. The summed E-state index contributed by atoms with van der Waals surface area (Å²) in [5.41, 5.74) is 1.37. The van der Waals surface area contributed by atoms with E-state index in [0.717, 1.165) is 53.0 Å². The number of benzene rings is 3. The Morgan fingerprint density at radius 1 is 1.09 bits per heavy atom. The first-order valence-corrected chi connectivity index (χ1v) is 12.9. The van der Waals surface area contributed by atoms with Crippen LogP contribution in [0.25, 0.3) is 10.2 Å². The third-order valence-electron chi connectivity index (χ3n) is 4.68. The number of hydrogen-bond donors (Lipinski definition) is 2. The molecule has 1 amide bonds. The number of non-ortho nitro benzene ring substituents is 1. The highest BCUT2D eigenvalue weighted by molar-refractivity contribution is 9.11. The maximum Gasteiger partial charge on any atom is 0.336 e. The molecule has 1 heterocycles. The lowest BCUT2D eigenvalue weighted by Crippen LogP contribution is -2.16. The van der Waals surface area contributed by atoms with Crippen LogP contribution in [0.3, 0.4) is 0 Å². The van der Waals surface area contributed by atoms with Gasteiger partial charge in [-0.05, 0) is 42.0 Å². The molecule has 2 N–H and O–H groups in total. The van der Waals surface area contributed by atoms with Crippen LogP contribution in [0.2, 0.25) is 0 Å². The second-order valence-corrected chi connectivity index (χ2v) is 11.0. The smallest absolute Gasteiger partial charge is 0.336 e. The number of aromatic nitrogens is 1. The van der Waals surface area contributed by atoms with E-state index in [4.69, 9.17) is 0 Å². The van der Waals surface area contributed by atoms with Crippen molar-refractivity contribution in [2.45, 2.75) is 10.1 Å². The van der Waals surface area contributed by atoms with E-state index in [1.165, 1.54) is 11.3 Å². The monoisotopic (exact) mass is 621 g/mol. The van der Waals surface area contributed by atoms with Gasteiger partial charge in [-0.3, -0.25) is 14.9 Å². The van der Waals surface area contributed by atoms with Crippen LogP contribution >= 0.6 is 55.0 Å². The first-order valence-electron chi connectivity index (χ1n) is 9.51. The Morgan fingerprint density at radius 2 is 1.88 bits per heavy atom. The number of carboxylic acids is 1. The number of rotatable bonds is 7. The lowest BCUT2D eigenvalue weighted by Gasteiger charge is -2.08. The molecule has 0 saturated heterocycles. The summed E-state index contributed by atoms with van der Waals surface area (Å²) < 4.78 is 3.73. The van der Waals surface area contributed by atoms with Crippen molar-refractivity contribution in [3.63, 3.8) is 0 Å². The number of nitro groups is 1. The summed E-state index contributed by atoms with van der Waals surface area (Å²) in [7, 11) is 0. The number of nitrogens with zero attached hydrogens (tertiary/aromatic N) is 2. The van der Waals surface area contributed by atoms with Gasteiger partial charge in [0.05, 0.1) is 26.3 Å². The van der Waals surface area contributed by atoms with Crippen molar-refractivity contribution in [3.8, 4) is 0 Å². The second-order valence-electron chi connectivity index (χ2n) is 6.93. The Hall–Kier alpha value is -2.80. The molecule has 0 aliphatic carbocycles. The van der Waals surface area contributed by atoms with Gasteiger partial charge in [0.25, 0.3) is 11.6 Å². The number of carboxylic acid groups (broad SMARTS) is 1. The van der Waals surface area contributed by atoms with Gasteiger partial charge >= 0.3 is 5.97 Å². The summed E-state index contributed by atoms with van der Waals surface area (Å²) in [5, 5.41) is 23.0. The van der Waals surface area contributed by atoms with Crippen LogP contribution in [0.5, 0.6) is 0 Å². The molecule has 0 aliphatic rings. The molecule has 0 atom stereocenters. The third kappa shape index (κ3) is 5.46. The molecule has 0 bridgehead atoms. The van der Waals surface area contributed by atoms with Gasteiger partial charge in [-0.15, -0.1) is 11.3 Å². The van der Waals surface area contributed by atoms with Crippen LogP contribution in [-0.4, -0.2) is 26.9 Å². The molecule has 34 heavy (non-hydrogen) atoms. The van der Waals surface area contributed by atoms with Crippen LogP contribution in [0.1, 0.15) is 26.3 Å². The van der Waals surface area contributed by atoms with Gasteiger partial charge in [0.15, 0.2) is 4.34 Å². The van der Waals surface area contributed by atoms with Gasteiger partial charge in [0, 0.05) is 32.5 Å². The quantitative estimate of drug-likeness (QED) is 0.130. The van der Waals surface area contributed by atoms with E-state index >= 15 is 0 Å². The van der Waals surface area contributed by atoms with E-state index in [0.29, 0.717) is 5.69 Å². The van der Waals surface area contributed by atoms with E-state index in [-0.39, 0.29) is 5.56 Å². The number of thioether (sulfide) groups is 1. The van der Waals surface area contributed by atoms with Crippen molar-refractivity contribution in [3.05, 3.63) is 90.3 Å². The number of amides is 1. The molecular formula is C22H13Br2N3O5S2. The van der Waals surface area contributed by atoms with E-state index in [9.17, 15) is 24.8 Å². The molecule has 0 radical (unpaired) electrons. The molecule has 1 aromatic heterocycles. The fraction of sp³-hybridized carbons (Fsp3) is 0.0455. The Bertz CT molecular complexity index is 1460. The fourth-order valence-corrected chi connectivity index (χ4v) is 6.52. The molecule has 0 unspecified atom stereocenters. The van der Waals surface area contributed by atoms with Crippen molar-refractivity contribution in [2.24, 2.45) is 0 Å². The number of nitrogens with one attached hydrogen (secondary N) is 1. The van der Waals surface area contributed by atoms with Crippen molar-refractivity contribution < 1.29 is 19.6 Å². The van der Waals surface area contributed by atoms with Gasteiger partial charge in [0.2, 0.25) is 0 Å². The maximum atomic E-state index is 12.7. The third-order valence-corrected chi connectivity index (χ3v) is 8.12. The summed E-state index contributed by atoms with van der Waals surface area (Å²) in [6, 6.07) is 14.3. The lowest BCUT2D eigenvalue weighted by molar-refractivity contribution is -0.384. The van der Waals surface area contributed by atoms with Crippen LogP contribution in [0, 0.1) is 10.1 Å². The average molecular weight is 623 g/mol. The predicted molar refractivity (Wildman–Crippen MR) is 139 cm³/mol. The number of nitro benzene ring substituents is 1. The summed E-state index contributed by atoms with van der Waals surface area (Å²) >= 11 is 10.1. The van der Waals surface area contributed by atoms with Gasteiger partial charge in [-0.25, -0.2) is 9.78 Å². The number of thiazole rings is 1. The molecule has 8 nitrogen and oxygen atoms in total. The minimum atomic E-state index is -1.43. The molecule has 12 heteroatoms. The molecule has 0 fully saturated rings. The zero-order valence-corrected chi connectivity index (χ0v) is 21.8. The van der Waals surface area contributed by atoms with Gasteiger partial charge < -0.3 is 10.4 Å². The molecular weight excluding hydrogens is 610 g/mol. The molecule has 3 aromatic carbocycles. The number of hydrogen-bond acceptors (Lipinski definition) is 7. The van der Waals surface area contributed by atoms with Crippen molar-refractivity contribution >= 4 is 88.4 Å². The zero-order valence-electron chi connectivity index (χ0n) is 17.0. The van der Waals surface area contributed by atoms with Crippen LogP contribution in [0.15, 0.2) is 67.9 Å². The summed E-state index contributed by atoms with van der Waals surface area (Å²) in [5.74, 6) is -1.37. The van der Waals surface area contributed by atoms with Gasteiger partial charge in [-0.2, -0.15) is 0 Å². The van der Waals surface area contributed by atoms with Crippen LogP contribution in [-0.2, 0) is 5.75 Å². The van der Waals surface area contributed by atoms with Crippen molar-refractivity contribution in [1.29, 1.82) is 0 Å². The topological polar surface area (TPSA) is 122 Å². The summed E-state index contributed by atoms with van der Waals surface area (Å²) in [6.07, 6.45) is 0. The largest absolute Gasteiger partial charge is 0.478 e. The predicted octanol–water partition coefficient (Wildman–Crippen LogP) is 6.97. The number of fused-ring (bicyclic) bond motifs is 1. The highest BCUT2D eigenvalue weighted by Gasteiger charge is 2.21. The first kappa shape index (κ1) is 24.3. The minimum Gasteiger partial charge on any atom is -0.478 e. The van der Waals surface area contributed by atoms with Crippen molar-refractivity contribution in [1.82, 2.24) is 4.98 Å². The highest BCUT2D eigenvalue weighted by atomic mass is 79.9. The summed E-state index contributed by atoms with van der Waals surface area (Å²) in [6.45, 7) is 0. The second kappa shape index (κ2) is 10.2. The molecule has 172 valence electrons. The van der Waals surface area contributed by atoms with E-state index in [2.05, 4.69) is 42.2 Å².